The molecule has 5 heteroatoms. The van der Waals surface area contributed by atoms with E-state index in [1.807, 2.05) is 42.3 Å². The third-order valence-corrected chi connectivity index (χ3v) is 2.70. The fraction of sp³-hybridized carbons (Fsp3) is 0.214. The number of aromatic nitrogens is 2. The molecule has 0 saturated carbocycles. The first-order valence-electron chi connectivity index (χ1n) is 5.93. The van der Waals surface area contributed by atoms with Crippen LogP contribution in [-0.2, 0) is 17.8 Å². The van der Waals surface area contributed by atoms with Gasteiger partial charge in [-0.2, -0.15) is 0 Å². The van der Waals surface area contributed by atoms with Crippen LogP contribution in [0.4, 0.5) is 5.82 Å². The normalized spacial score (nSPS) is 10.2. The molecular formula is C14H15N3O2. The van der Waals surface area contributed by atoms with E-state index in [-0.39, 0.29) is 6.42 Å². The molecule has 0 radical (unpaired) electrons. The van der Waals surface area contributed by atoms with Crippen LogP contribution >= 0.6 is 0 Å². The zero-order valence-corrected chi connectivity index (χ0v) is 10.7. The number of carboxylic acids is 1. The van der Waals surface area contributed by atoms with Crippen molar-refractivity contribution < 1.29 is 9.90 Å². The number of hydrogen-bond acceptors (Lipinski definition) is 4. The molecule has 5 nitrogen and oxygen atoms in total. The van der Waals surface area contributed by atoms with E-state index in [2.05, 4.69) is 9.97 Å². The maximum absolute atomic E-state index is 10.7. The van der Waals surface area contributed by atoms with Crippen molar-refractivity contribution in [3.8, 4) is 0 Å². The molecule has 98 valence electrons. The minimum Gasteiger partial charge on any atom is -0.481 e. The van der Waals surface area contributed by atoms with E-state index in [1.54, 1.807) is 6.07 Å². The van der Waals surface area contributed by atoms with E-state index in [4.69, 9.17) is 5.11 Å². The number of benzene rings is 1. The lowest BCUT2D eigenvalue weighted by atomic mass is 10.2. The van der Waals surface area contributed by atoms with Gasteiger partial charge in [0.2, 0.25) is 0 Å². The second-order valence-corrected chi connectivity index (χ2v) is 4.28. The molecule has 2 rings (SSSR count). The Morgan fingerprint density at radius 1 is 1.26 bits per heavy atom. The molecule has 1 heterocycles. The quantitative estimate of drug-likeness (QED) is 0.883. The van der Waals surface area contributed by atoms with E-state index in [9.17, 15) is 4.79 Å². The van der Waals surface area contributed by atoms with Gasteiger partial charge in [-0.1, -0.05) is 30.3 Å². The zero-order chi connectivity index (χ0) is 13.7. The molecular weight excluding hydrogens is 242 g/mol. The molecule has 0 saturated heterocycles. The van der Waals surface area contributed by atoms with Crippen LogP contribution in [0, 0.1) is 0 Å². The minimum atomic E-state index is -0.893. The molecule has 0 unspecified atom stereocenters. The highest BCUT2D eigenvalue weighted by molar-refractivity contribution is 5.69. The van der Waals surface area contributed by atoms with E-state index >= 15 is 0 Å². The van der Waals surface area contributed by atoms with Gasteiger partial charge in [0.15, 0.2) is 0 Å². The van der Waals surface area contributed by atoms with Gasteiger partial charge in [0.05, 0.1) is 12.1 Å². The van der Waals surface area contributed by atoms with Crippen LogP contribution in [0.1, 0.15) is 11.3 Å². The summed E-state index contributed by atoms with van der Waals surface area (Å²) in [5.41, 5.74) is 1.68. The fourth-order valence-corrected chi connectivity index (χ4v) is 1.78. The van der Waals surface area contributed by atoms with Crippen molar-refractivity contribution in [1.29, 1.82) is 0 Å². The van der Waals surface area contributed by atoms with Crippen LogP contribution < -0.4 is 4.90 Å². The summed E-state index contributed by atoms with van der Waals surface area (Å²) in [7, 11) is 1.92. The van der Waals surface area contributed by atoms with Crippen molar-refractivity contribution >= 4 is 11.8 Å². The van der Waals surface area contributed by atoms with Crippen molar-refractivity contribution in [2.75, 3.05) is 11.9 Å². The standard InChI is InChI=1S/C14H15N3O2/c1-17(9-11-5-3-2-4-6-11)13-7-12(8-14(18)19)15-10-16-13/h2-7,10H,8-9H2,1H3,(H,18,19). The van der Waals surface area contributed by atoms with Crippen LogP contribution in [0.5, 0.6) is 0 Å². The van der Waals surface area contributed by atoms with Gasteiger partial charge in [0, 0.05) is 19.7 Å². The Bertz CT molecular complexity index is 558. The predicted octanol–water partition coefficient (Wildman–Crippen LogP) is 1.74. The third kappa shape index (κ3) is 3.77. The molecule has 1 N–H and O–H groups in total. The SMILES string of the molecule is CN(Cc1ccccc1)c1cc(CC(=O)O)ncn1. The van der Waals surface area contributed by atoms with Gasteiger partial charge in [-0.15, -0.1) is 0 Å². The maximum Gasteiger partial charge on any atom is 0.309 e. The lowest BCUT2D eigenvalue weighted by molar-refractivity contribution is -0.136. The molecule has 0 spiro atoms. The van der Waals surface area contributed by atoms with Gasteiger partial charge >= 0.3 is 5.97 Å². The number of anilines is 1. The summed E-state index contributed by atoms with van der Waals surface area (Å²) in [4.78, 5) is 20.7. The number of nitrogens with zero attached hydrogens (tertiary/aromatic N) is 3. The molecule has 2 aromatic rings. The van der Waals surface area contributed by atoms with Crippen LogP contribution in [0.15, 0.2) is 42.7 Å². The molecule has 0 fully saturated rings. The topological polar surface area (TPSA) is 66.3 Å². The van der Waals surface area contributed by atoms with E-state index in [0.29, 0.717) is 12.2 Å². The van der Waals surface area contributed by atoms with E-state index in [1.165, 1.54) is 11.9 Å². The maximum atomic E-state index is 10.7. The van der Waals surface area contributed by atoms with Crippen molar-refractivity contribution in [1.82, 2.24) is 9.97 Å². The molecule has 1 aromatic carbocycles. The summed E-state index contributed by atoms with van der Waals surface area (Å²) in [5, 5.41) is 8.76. The summed E-state index contributed by atoms with van der Waals surface area (Å²) < 4.78 is 0. The first-order valence-corrected chi connectivity index (χ1v) is 5.93. The smallest absolute Gasteiger partial charge is 0.309 e. The predicted molar refractivity (Wildman–Crippen MR) is 71.9 cm³/mol. The lowest BCUT2D eigenvalue weighted by Gasteiger charge is -2.18. The molecule has 0 aliphatic heterocycles. The van der Waals surface area contributed by atoms with Gasteiger partial charge in [0.25, 0.3) is 0 Å². The van der Waals surface area contributed by atoms with Gasteiger partial charge in [-0.25, -0.2) is 9.97 Å². The minimum absolute atomic E-state index is 0.0886. The van der Waals surface area contributed by atoms with Crippen molar-refractivity contribution in [3.63, 3.8) is 0 Å². The first kappa shape index (κ1) is 13.0. The Labute approximate surface area is 111 Å². The van der Waals surface area contributed by atoms with Gasteiger partial charge in [-0.05, 0) is 5.56 Å². The summed E-state index contributed by atoms with van der Waals surface area (Å²) in [6, 6.07) is 11.7. The number of aliphatic carboxylic acids is 1. The molecule has 19 heavy (non-hydrogen) atoms. The summed E-state index contributed by atoms with van der Waals surface area (Å²) in [6.45, 7) is 0.713. The van der Waals surface area contributed by atoms with Crippen LogP contribution in [0.3, 0.4) is 0 Å². The summed E-state index contributed by atoms with van der Waals surface area (Å²) >= 11 is 0. The highest BCUT2D eigenvalue weighted by Gasteiger charge is 2.07. The van der Waals surface area contributed by atoms with E-state index < -0.39 is 5.97 Å². The first-order chi connectivity index (χ1) is 9.15. The van der Waals surface area contributed by atoms with Crippen molar-refractivity contribution in [2.24, 2.45) is 0 Å². The monoisotopic (exact) mass is 257 g/mol. The summed E-state index contributed by atoms with van der Waals surface area (Å²) in [6.07, 6.45) is 1.31. The van der Waals surface area contributed by atoms with Crippen molar-refractivity contribution in [2.45, 2.75) is 13.0 Å². The van der Waals surface area contributed by atoms with Crippen LogP contribution in [0.25, 0.3) is 0 Å². The zero-order valence-electron chi connectivity index (χ0n) is 10.7. The highest BCUT2D eigenvalue weighted by Crippen LogP contribution is 2.13. The second kappa shape index (κ2) is 5.95. The molecule has 0 amide bonds. The average Bonchev–Trinajstić information content (AvgIpc) is 2.39. The third-order valence-electron chi connectivity index (χ3n) is 2.70. The van der Waals surface area contributed by atoms with Crippen LogP contribution in [0.2, 0.25) is 0 Å². The number of carboxylic acid groups (broad SMARTS) is 1. The Morgan fingerprint density at radius 2 is 2.00 bits per heavy atom. The van der Waals surface area contributed by atoms with Crippen LogP contribution in [-0.4, -0.2) is 28.1 Å². The van der Waals surface area contributed by atoms with Gasteiger partial charge < -0.3 is 10.0 Å². The Kier molecular flexibility index (Phi) is 4.07. The molecule has 0 bridgehead atoms. The molecule has 0 aliphatic rings. The Hall–Kier alpha value is -2.43. The van der Waals surface area contributed by atoms with Crippen molar-refractivity contribution in [3.05, 3.63) is 54.0 Å². The Balaban J connectivity index is 2.10. The van der Waals surface area contributed by atoms with Gasteiger partial charge in [0.1, 0.15) is 12.1 Å². The second-order valence-electron chi connectivity index (χ2n) is 4.28. The molecule has 1 aromatic heterocycles. The largest absolute Gasteiger partial charge is 0.481 e. The number of hydrogen-bond donors (Lipinski definition) is 1. The highest BCUT2D eigenvalue weighted by atomic mass is 16.4. The fourth-order valence-electron chi connectivity index (χ4n) is 1.78. The average molecular weight is 257 g/mol. The number of carbonyl (C=O) groups is 1. The molecule has 0 atom stereocenters. The number of rotatable bonds is 5. The summed E-state index contributed by atoms with van der Waals surface area (Å²) in [5.74, 6) is -0.175. The Morgan fingerprint density at radius 3 is 2.68 bits per heavy atom. The lowest BCUT2D eigenvalue weighted by Crippen LogP contribution is -2.18. The molecule has 0 aliphatic carbocycles. The van der Waals surface area contributed by atoms with E-state index in [0.717, 1.165) is 5.82 Å². The van der Waals surface area contributed by atoms with Gasteiger partial charge in [-0.3, -0.25) is 4.79 Å².